The molecule has 5 nitrogen and oxygen atoms in total. The first-order valence-corrected chi connectivity index (χ1v) is 5.06. The van der Waals surface area contributed by atoms with Crippen LogP contribution in [0.3, 0.4) is 0 Å². The van der Waals surface area contributed by atoms with Gasteiger partial charge in [-0.15, -0.1) is 0 Å². The molecule has 0 aliphatic carbocycles. The standard InChI is InChI=1S/C11H8F3N3O2/c12-5-1-2-8(7(15)3-5)17-4-6(11(18)19)9(16-17)10(13)14/h1-4,10H,15H2,(H,18,19). The van der Waals surface area contributed by atoms with Crippen LogP contribution in [0, 0.1) is 5.82 Å². The Balaban J connectivity index is 2.57. The van der Waals surface area contributed by atoms with E-state index >= 15 is 0 Å². The Morgan fingerprint density at radius 3 is 2.58 bits per heavy atom. The number of carboxylic acid groups (broad SMARTS) is 1. The van der Waals surface area contributed by atoms with Gasteiger partial charge >= 0.3 is 5.97 Å². The topological polar surface area (TPSA) is 81.1 Å². The number of nitrogens with zero attached hydrogens (tertiary/aromatic N) is 2. The third kappa shape index (κ3) is 2.37. The first kappa shape index (κ1) is 12.9. The predicted octanol–water partition coefficient (Wildman–Crippen LogP) is 2.23. The third-order valence-corrected chi connectivity index (χ3v) is 2.42. The lowest BCUT2D eigenvalue weighted by Crippen LogP contribution is -2.01. The molecule has 0 atom stereocenters. The first-order valence-electron chi connectivity index (χ1n) is 5.06. The number of aromatic nitrogens is 2. The van der Waals surface area contributed by atoms with Gasteiger partial charge in [-0.2, -0.15) is 5.10 Å². The number of carbonyl (C=O) groups is 1. The van der Waals surface area contributed by atoms with Crippen LogP contribution in [0.1, 0.15) is 22.5 Å². The number of carboxylic acids is 1. The Kier molecular flexibility index (Phi) is 3.16. The predicted molar refractivity (Wildman–Crippen MR) is 59.9 cm³/mol. The molecule has 0 aliphatic rings. The molecule has 1 heterocycles. The Hall–Kier alpha value is -2.51. The van der Waals surface area contributed by atoms with Crippen molar-refractivity contribution in [3.63, 3.8) is 0 Å². The summed E-state index contributed by atoms with van der Waals surface area (Å²) in [7, 11) is 0. The number of hydrogen-bond donors (Lipinski definition) is 2. The summed E-state index contributed by atoms with van der Waals surface area (Å²) in [5, 5.41) is 12.3. The van der Waals surface area contributed by atoms with Gasteiger partial charge < -0.3 is 10.8 Å². The Morgan fingerprint density at radius 2 is 2.11 bits per heavy atom. The molecular formula is C11H8F3N3O2. The maximum absolute atomic E-state index is 12.9. The van der Waals surface area contributed by atoms with Crippen molar-refractivity contribution in [3.8, 4) is 5.69 Å². The molecule has 2 rings (SSSR count). The number of anilines is 1. The van der Waals surface area contributed by atoms with Crippen molar-refractivity contribution in [1.82, 2.24) is 9.78 Å². The van der Waals surface area contributed by atoms with Crippen molar-refractivity contribution in [2.75, 3.05) is 5.73 Å². The molecule has 0 saturated heterocycles. The molecule has 8 heteroatoms. The number of alkyl halides is 2. The zero-order valence-electron chi connectivity index (χ0n) is 9.35. The minimum absolute atomic E-state index is 0.0414. The van der Waals surface area contributed by atoms with Crippen LogP contribution in [0.25, 0.3) is 5.69 Å². The number of hydrogen-bond acceptors (Lipinski definition) is 3. The van der Waals surface area contributed by atoms with Crippen LogP contribution < -0.4 is 5.73 Å². The summed E-state index contributed by atoms with van der Waals surface area (Å²) in [4.78, 5) is 10.8. The van der Waals surface area contributed by atoms with Crippen LogP contribution in [0.15, 0.2) is 24.4 Å². The maximum atomic E-state index is 12.9. The fourth-order valence-corrected chi connectivity index (χ4v) is 1.57. The second-order valence-electron chi connectivity index (χ2n) is 3.68. The normalized spacial score (nSPS) is 10.9. The molecule has 0 amide bonds. The molecule has 0 unspecified atom stereocenters. The summed E-state index contributed by atoms with van der Waals surface area (Å²) < 4.78 is 39.1. The van der Waals surface area contributed by atoms with Crippen LogP contribution in [0.4, 0.5) is 18.9 Å². The summed E-state index contributed by atoms with van der Waals surface area (Å²) in [5.74, 6) is -2.12. The van der Waals surface area contributed by atoms with Crippen LogP contribution in [0.5, 0.6) is 0 Å². The van der Waals surface area contributed by atoms with E-state index in [1.165, 1.54) is 6.07 Å². The third-order valence-electron chi connectivity index (χ3n) is 2.42. The van der Waals surface area contributed by atoms with Gasteiger partial charge in [-0.25, -0.2) is 22.6 Å². The molecule has 100 valence electrons. The zero-order chi connectivity index (χ0) is 14.2. The lowest BCUT2D eigenvalue weighted by molar-refractivity contribution is 0.0684. The highest BCUT2D eigenvalue weighted by atomic mass is 19.3. The summed E-state index contributed by atoms with van der Waals surface area (Å²) in [6, 6.07) is 3.27. The first-order chi connectivity index (χ1) is 8.90. The molecule has 19 heavy (non-hydrogen) atoms. The fraction of sp³-hybridized carbons (Fsp3) is 0.0909. The van der Waals surface area contributed by atoms with Crippen LogP contribution in [-0.2, 0) is 0 Å². The van der Waals surface area contributed by atoms with E-state index in [4.69, 9.17) is 10.8 Å². The molecule has 1 aromatic carbocycles. The zero-order valence-corrected chi connectivity index (χ0v) is 9.35. The van der Waals surface area contributed by atoms with E-state index in [-0.39, 0.29) is 11.4 Å². The second-order valence-corrected chi connectivity index (χ2v) is 3.68. The van der Waals surface area contributed by atoms with Gasteiger partial charge in [-0.05, 0) is 18.2 Å². The van der Waals surface area contributed by atoms with Crippen molar-refractivity contribution in [3.05, 3.63) is 41.5 Å². The largest absolute Gasteiger partial charge is 0.478 e. The van der Waals surface area contributed by atoms with E-state index in [1.54, 1.807) is 0 Å². The van der Waals surface area contributed by atoms with E-state index in [2.05, 4.69) is 5.10 Å². The maximum Gasteiger partial charge on any atom is 0.339 e. The smallest absolute Gasteiger partial charge is 0.339 e. The average molecular weight is 271 g/mol. The summed E-state index contributed by atoms with van der Waals surface area (Å²) in [6.07, 6.45) is -2.12. The molecule has 0 aliphatic heterocycles. The minimum atomic E-state index is -3.03. The number of nitrogens with two attached hydrogens (primary N) is 1. The van der Waals surface area contributed by atoms with Crippen molar-refractivity contribution in [2.45, 2.75) is 6.43 Å². The van der Waals surface area contributed by atoms with Crippen LogP contribution in [0.2, 0.25) is 0 Å². The van der Waals surface area contributed by atoms with E-state index < -0.39 is 29.5 Å². The fourth-order valence-electron chi connectivity index (χ4n) is 1.57. The van der Waals surface area contributed by atoms with E-state index in [1.807, 2.05) is 0 Å². The van der Waals surface area contributed by atoms with Crippen molar-refractivity contribution >= 4 is 11.7 Å². The lowest BCUT2D eigenvalue weighted by Gasteiger charge is -2.05. The highest BCUT2D eigenvalue weighted by Gasteiger charge is 2.23. The van der Waals surface area contributed by atoms with Gasteiger partial charge in [-0.1, -0.05) is 0 Å². The number of benzene rings is 1. The van der Waals surface area contributed by atoms with Gasteiger partial charge in [0.15, 0.2) is 0 Å². The average Bonchev–Trinajstić information content (AvgIpc) is 2.73. The van der Waals surface area contributed by atoms with E-state index in [0.29, 0.717) is 0 Å². The number of halogens is 3. The minimum Gasteiger partial charge on any atom is -0.478 e. The van der Waals surface area contributed by atoms with Gasteiger partial charge in [0.1, 0.15) is 17.1 Å². The number of aromatic carboxylic acids is 1. The van der Waals surface area contributed by atoms with Gasteiger partial charge in [0.2, 0.25) is 0 Å². The highest BCUT2D eigenvalue weighted by Crippen LogP contribution is 2.25. The molecule has 3 N–H and O–H groups in total. The molecule has 1 aromatic heterocycles. The second kappa shape index (κ2) is 4.63. The van der Waals surface area contributed by atoms with Crippen molar-refractivity contribution in [2.24, 2.45) is 0 Å². The summed E-state index contributed by atoms with van der Waals surface area (Å²) >= 11 is 0. The molecule has 0 bridgehead atoms. The van der Waals surface area contributed by atoms with Crippen molar-refractivity contribution in [1.29, 1.82) is 0 Å². The van der Waals surface area contributed by atoms with Crippen molar-refractivity contribution < 1.29 is 23.1 Å². The van der Waals surface area contributed by atoms with Gasteiger partial charge in [0.05, 0.1) is 11.4 Å². The Bertz CT molecular complexity index is 640. The molecule has 0 fully saturated rings. The quantitative estimate of drug-likeness (QED) is 0.839. The monoisotopic (exact) mass is 271 g/mol. The van der Waals surface area contributed by atoms with Gasteiger partial charge in [0.25, 0.3) is 6.43 Å². The Labute approximate surface area is 105 Å². The number of nitrogen functional groups attached to an aromatic ring is 1. The highest BCUT2D eigenvalue weighted by molar-refractivity contribution is 5.89. The lowest BCUT2D eigenvalue weighted by atomic mass is 10.2. The Morgan fingerprint density at radius 1 is 1.42 bits per heavy atom. The molecule has 0 spiro atoms. The van der Waals surface area contributed by atoms with Gasteiger partial charge in [-0.3, -0.25) is 0 Å². The van der Waals surface area contributed by atoms with E-state index in [0.717, 1.165) is 23.0 Å². The van der Waals surface area contributed by atoms with Gasteiger partial charge in [0, 0.05) is 6.20 Å². The summed E-state index contributed by atoms with van der Waals surface area (Å²) in [5.41, 5.74) is 4.12. The molecule has 0 radical (unpaired) electrons. The van der Waals surface area contributed by atoms with E-state index in [9.17, 15) is 18.0 Å². The van der Waals surface area contributed by atoms with Crippen LogP contribution in [-0.4, -0.2) is 20.9 Å². The van der Waals surface area contributed by atoms with Crippen LogP contribution >= 0.6 is 0 Å². The molecular weight excluding hydrogens is 263 g/mol. The molecule has 2 aromatic rings. The SMILES string of the molecule is Nc1cc(F)ccc1-n1cc(C(=O)O)c(C(F)F)n1. The summed E-state index contributed by atoms with van der Waals surface area (Å²) in [6.45, 7) is 0. The molecule has 0 saturated carbocycles. The number of rotatable bonds is 3.